The predicted octanol–water partition coefficient (Wildman–Crippen LogP) is 2.73. The third kappa shape index (κ3) is 14.7. The van der Waals surface area contributed by atoms with Crippen LogP contribution in [0.25, 0.3) is 0 Å². The maximum atomic E-state index is 8.51. The van der Waals surface area contributed by atoms with Crippen LogP contribution in [0.3, 0.4) is 0 Å². The fourth-order valence-electron chi connectivity index (χ4n) is 1.28. The first-order valence-corrected chi connectivity index (χ1v) is 5.13. The van der Waals surface area contributed by atoms with Gasteiger partial charge < -0.3 is 10.2 Å². The average molecular weight is 190 g/mol. The van der Waals surface area contributed by atoms with E-state index in [1.807, 2.05) is 0 Å². The summed E-state index contributed by atoms with van der Waals surface area (Å²) in [7, 11) is 0. The van der Waals surface area contributed by atoms with E-state index in [0.29, 0.717) is 13.2 Å². The number of rotatable bonds is 9. The van der Waals surface area contributed by atoms with Crippen molar-refractivity contribution in [2.24, 2.45) is 0 Å². The molecule has 0 aliphatic rings. The monoisotopic (exact) mass is 190 g/mol. The maximum absolute atomic E-state index is 8.51. The van der Waals surface area contributed by atoms with Gasteiger partial charge >= 0.3 is 0 Å². The van der Waals surface area contributed by atoms with Gasteiger partial charge in [0.25, 0.3) is 0 Å². The summed E-state index contributed by atoms with van der Waals surface area (Å²) in [6, 6.07) is 0. The molecule has 0 aromatic rings. The largest absolute Gasteiger partial charge is 0.396 e. The Kier molecular flexibility index (Phi) is 17.1. The summed E-state index contributed by atoms with van der Waals surface area (Å²) in [6.45, 7) is 0.676. The van der Waals surface area contributed by atoms with Crippen LogP contribution in [0.4, 0.5) is 0 Å². The highest BCUT2D eigenvalue weighted by atomic mass is 16.3. The molecule has 2 N–H and O–H groups in total. The third-order valence-corrected chi connectivity index (χ3v) is 2.07. The van der Waals surface area contributed by atoms with Crippen molar-refractivity contribution >= 4 is 0 Å². The van der Waals surface area contributed by atoms with Crippen LogP contribution in [0.15, 0.2) is 0 Å². The molecule has 0 aliphatic heterocycles. The van der Waals surface area contributed by atoms with Gasteiger partial charge in [-0.25, -0.2) is 0 Å². The van der Waals surface area contributed by atoms with Gasteiger partial charge in [-0.3, -0.25) is 0 Å². The molecule has 0 atom stereocenters. The molecule has 0 saturated carbocycles. The highest BCUT2D eigenvalue weighted by molar-refractivity contribution is 4.45. The van der Waals surface area contributed by atoms with Crippen LogP contribution < -0.4 is 0 Å². The normalized spacial score (nSPS) is 9.69. The van der Waals surface area contributed by atoms with E-state index >= 15 is 0 Å². The number of aliphatic hydroxyl groups is 2. The van der Waals surface area contributed by atoms with Crippen LogP contribution in [0.2, 0.25) is 0 Å². The van der Waals surface area contributed by atoms with E-state index in [0.717, 1.165) is 25.7 Å². The van der Waals surface area contributed by atoms with Crippen LogP contribution in [-0.4, -0.2) is 23.4 Å². The summed E-state index contributed by atoms with van der Waals surface area (Å²) >= 11 is 0. The minimum absolute atomic E-state index is 0. The molecule has 0 saturated heterocycles. The molecule has 0 radical (unpaired) electrons. The summed E-state index contributed by atoms with van der Waals surface area (Å²) < 4.78 is 0. The zero-order valence-electron chi connectivity index (χ0n) is 7.97. The molecule has 0 aromatic carbocycles. The van der Waals surface area contributed by atoms with Gasteiger partial charge in [0, 0.05) is 13.2 Å². The minimum atomic E-state index is 0. The van der Waals surface area contributed by atoms with Crippen molar-refractivity contribution in [3.63, 3.8) is 0 Å². The Morgan fingerprint density at radius 3 is 0.923 bits per heavy atom. The molecular formula is C11H26O2. The molecule has 0 unspecified atom stereocenters. The Labute approximate surface area is 83.0 Å². The Bertz CT molecular complexity index is 64.5. The van der Waals surface area contributed by atoms with Crippen molar-refractivity contribution in [2.75, 3.05) is 13.2 Å². The minimum Gasteiger partial charge on any atom is -0.396 e. The summed E-state index contributed by atoms with van der Waals surface area (Å²) in [5.74, 6) is 0. The second-order valence-electron chi connectivity index (χ2n) is 3.28. The number of unbranched alkanes of at least 4 members (excludes halogenated alkanes) is 7. The topological polar surface area (TPSA) is 40.5 Å². The smallest absolute Gasteiger partial charge is 0.0431 e. The lowest BCUT2D eigenvalue weighted by Crippen LogP contribution is -1.85. The molecular weight excluding hydrogens is 164 g/mol. The number of aliphatic hydroxyl groups excluding tert-OH is 2. The highest BCUT2D eigenvalue weighted by Gasteiger charge is 1.90. The molecule has 0 amide bonds. The Morgan fingerprint density at radius 1 is 0.462 bits per heavy atom. The molecule has 13 heavy (non-hydrogen) atoms. The first-order chi connectivity index (χ1) is 5.91. The molecule has 0 bridgehead atoms. The molecule has 0 rings (SSSR count). The van der Waals surface area contributed by atoms with E-state index < -0.39 is 0 Å². The SMILES string of the molecule is C.OCCCCCCCCCCO. The van der Waals surface area contributed by atoms with Gasteiger partial charge in [0.2, 0.25) is 0 Å². The van der Waals surface area contributed by atoms with Crippen LogP contribution in [0.5, 0.6) is 0 Å². The van der Waals surface area contributed by atoms with Gasteiger partial charge in [0.15, 0.2) is 0 Å². The van der Waals surface area contributed by atoms with Gasteiger partial charge in [-0.1, -0.05) is 46.0 Å². The standard InChI is InChI=1S/C10H22O2.CH4/c11-9-7-5-3-1-2-4-6-8-10-12;/h11-12H,1-10H2;1H4. The second kappa shape index (κ2) is 14.4. The Hall–Kier alpha value is -0.0800. The van der Waals surface area contributed by atoms with Crippen molar-refractivity contribution in [3.8, 4) is 0 Å². The molecule has 0 fully saturated rings. The van der Waals surface area contributed by atoms with Gasteiger partial charge in [0.05, 0.1) is 0 Å². The highest BCUT2D eigenvalue weighted by Crippen LogP contribution is 2.07. The zero-order valence-corrected chi connectivity index (χ0v) is 7.97. The second-order valence-corrected chi connectivity index (χ2v) is 3.28. The van der Waals surface area contributed by atoms with E-state index in [9.17, 15) is 0 Å². The lowest BCUT2D eigenvalue weighted by Gasteiger charge is -1.99. The molecule has 0 spiro atoms. The average Bonchev–Trinajstić information content (AvgIpc) is 2.10. The van der Waals surface area contributed by atoms with Crippen molar-refractivity contribution < 1.29 is 10.2 Å². The summed E-state index contributed by atoms with van der Waals surface area (Å²) in [6.07, 6.45) is 9.30. The lowest BCUT2D eigenvalue weighted by molar-refractivity contribution is 0.279. The van der Waals surface area contributed by atoms with Gasteiger partial charge in [-0.05, 0) is 12.8 Å². The molecule has 2 heteroatoms. The van der Waals surface area contributed by atoms with Gasteiger partial charge in [-0.15, -0.1) is 0 Å². The van der Waals surface area contributed by atoms with Crippen molar-refractivity contribution in [3.05, 3.63) is 0 Å². The van der Waals surface area contributed by atoms with E-state index in [4.69, 9.17) is 10.2 Å². The quantitative estimate of drug-likeness (QED) is 0.549. The van der Waals surface area contributed by atoms with E-state index in [2.05, 4.69) is 0 Å². The van der Waals surface area contributed by atoms with Gasteiger partial charge in [-0.2, -0.15) is 0 Å². The summed E-state index contributed by atoms with van der Waals surface area (Å²) in [5.41, 5.74) is 0. The fourth-order valence-corrected chi connectivity index (χ4v) is 1.28. The van der Waals surface area contributed by atoms with E-state index in [-0.39, 0.29) is 7.43 Å². The fraction of sp³-hybridized carbons (Fsp3) is 1.00. The van der Waals surface area contributed by atoms with Crippen LogP contribution in [-0.2, 0) is 0 Å². The zero-order chi connectivity index (χ0) is 9.07. The molecule has 0 aromatic heterocycles. The van der Waals surface area contributed by atoms with Crippen molar-refractivity contribution in [1.82, 2.24) is 0 Å². The van der Waals surface area contributed by atoms with Crippen molar-refractivity contribution in [1.29, 1.82) is 0 Å². The lowest BCUT2D eigenvalue weighted by atomic mass is 10.1. The molecule has 2 nitrogen and oxygen atoms in total. The summed E-state index contributed by atoms with van der Waals surface area (Å²) in [5, 5.41) is 17.0. The first-order valence-electron chi connectivity index (χ1n) is 5.13. The van der Waals surface area contributed by atoms with Crippen molar-refractivity contribution in [2.45, 2.75) is 58.8 Å². The molecule has 0 aliphatic carbocycles. The Balaban J connectivity index is 0. The third-order valence-electron chi connectivity index (χ3n) is 2.07. The van der Waals surface area contributed by atoms with Crippen LogP contribution >= 0.6 is 0 Å². The molecule has 82 valence electrons. The number of hydrogen-bond acceptors (Lipinski definition) is 2. The number of hydrogen-bond donors (Lipinski definition) is 2. The van der Waals surface area contributed by atoms with Crippen LogP contribution in [0, 0.1) is 0 Å². The maximum Gasteiger partial charge on any atom is 0.0431 e. The van der Waals surface area contributed by atoms with E-state index in [1.54, 1.807) is 0 Å². The van der Waals surface area contributed by atoms with Crippen LogP contribution in [0.1, 0.15) is 58.8 Å². The van der Waals surface area contributed by atoms with Gasteiger partial charge in [0.1, 0.15) is 0 Å². The predicted molar refractivity (Wildman–Crippen MR) is 57.8 cm³/mol. The summed E-state index contributed by atoms with van der Waals surface area (Å²) in [4.78, 5) is 0. The van der Waals surface area contributed by atoms with E-state index in [1.165, 1.54) is 25.7 Å². The molecule has 0 heterocycles. The first kappa shape index (κ1) is 15.4. The Morgan fingerprint density at radius 2 is 0.692 bits per heavy atom.